The number of benzene rings is 1. The first-order chi connectivity index (χ1) is 6.61. The van der Waals surface area contributed by atoms with Crippen LogP contribution in [0, 0.1) is 0 Å². The van der Waals surface area contributed by atoms with Gasteiger partial charge in [-0.05, 0) is 12.1 Å². The standard InChI is InChI=1S/C9H9Cl2NOS/c10-6-2-1-3-7(11)9(6)14-5-4-8(12)13/h1-3H,4-5H2,(H2,12,13). The van der Waals surface area contributed by atoms with E-state index in [0.29, 0.717) is 22.2 Å². The van der Waals surface area contributed by atoms with Crippen LogP contribution >= 0.6 is 35.0 Å². The van der Waals surface area contributed by atoms with E-state index < -0.39 is 0 Å². The summed E-state index contributed by atoms with van der Waals surface area (Å²) in [5.74, 6) is 0.277. The van der Waals surface area contributed by atoms with Crippen molar-refractivity contribution in [2.45, 2.75) is 11.3 Å². The Kier molecular flexibility index (Phi) is 4.58. The van der Waals surface area contributed by atoms with Gasteiger partial charge >= 0.3 is 0 Å². The van der Waals surface area contributed by atoms with Gasteiger partial charge < -0.3 is 5.73 Å². The van der Waals surface area contributed by atoms with Gasteiger partial charge in [-0.25, -0.2) is 0 Å². The summed E-state index contributed by atoms with van der Waals surface area (Å²) in [4.78, 5) is 11.3. The van der Waals surface area contributed by atoms with Gasteiger partial charge in [0.25, 0.3) is 0 Å². The Morgan fingerprint density at radius 2 is 1.93 bits per heavy atom. The smallest absolute Gasteiger partial charge is 0.218 e. The maximum absolute atomic E-state index is 10.5. The molecular formula is C9H9Cl2NOS. The number of hydrogen-bond donors (Lipinski definition) is 1. The van der Waals surface area contributed by atoms with Crippen LogP contribution in [-0.2, 0) is 4.79 Å². The Balaban J connectivity index is 2.62. The van der Waals surface area contributed by atoms with E-state index in [9.17, 15) is 4.79 Å². The number of halogens is 2. The highest BCUT2D eigenvalue weighted by Gasteiger charge is 2.06. The lowest BCUT2D eigenvalue weighted by Crippen LogP contribution is -2.10. The minimum absolute atomic E-state index is 0.319. The van der Waals surface area contributed by atoms with Gasteiger partial charge in [-0.2, -0.15) is 0 Å². The summed E-state index contributed by atoms with van der Waals surface area (Å²) in [5, 5.41) is 1.21. The summed E-state index contributed by atoms with van der Waals surface area (Å²) in [6.07, 6.45) is 0.326. The molecule has 0 aliphatic heterocycles. The Bertz CT molecular complexity index is 323. The summed E-state index contributed by atoms with van der Waals surface area (Å²) >= 11 is 13.3. The van der Waals surface area contributed by atoms with Crippen molar-refractivity contribution >= 4 is 40.9 Å². The fraction of sp³-hybridized carbons (Fsp3) is 0.222. The lowest BCUT2D eigenvalue weighted by Gasteiger charge is -2.04. The first kappa shape index (κ1) is 11.7. The van der Waals surface area contributed by atoms with Crippen molar-refractivity contribution in [2.24, 2.45) is 5.73 Å². The molecule has 2 N–H and O–H groups in total. The van der Waals surface area contributed by atoms with E-state index in [1.54, 1.807) is 18.2 Å². The van der Waals surface area contributed by atoms with Crippen molar-refractivity contribution in [3.05, 3.63) is 28.2 Å². The average molecular weight is 250 g/mol. The summed E-state index contributed by atoms with van der Waals surface area (Å²) in [6.45, 7) is 0. The molecule has 1 aromatic carbocycles. The molecule has 0 aliphatic rings. The molecule has 0 saturated heterocycles. The molecule has 0 fully saturated rings. The van der Waals surface area contributed by atoms with Crippen molar-refractivity contribution < 1.29 is 4.79 Å². The zero-order valence-corrected chi connectivity index (χ0v) is 9.62. The molecule has 0 heterocycles. The average Bonchev–Trinajstić information content (AvgIpc) is 2.09. The van der Waals surface area contributed by atoms with Gasteiger partial charge in [0.15, 0.2) is 0 Å². The van der Waals surface area contributed by atoms with Crippen LogP contribution in [0.5, 0.6) is 0 Å². The molecule has 1 aromatic rings. The van der Waals surface area contributed by atoms with Crippen LogP contribution in [0.15, 0.2) is 23.1 Å². The third-order valence-electron chi connectivity index (χ3n) is 1.51. The topological polar surface area (TPSA) is 43.1 Å². The number of thioether (sulfide) groups is 1. The molecule has 1 amide bonds. The molecular weight excluding hydrogens is 241 g/mol. The Labute approximate surface area is 96.8 Å². The fourth-order valence-corrected chi connectivity index (χ4v) is 2.52. The molecule has 14 heavy (non-hydrogen) atoms. The summed E-state index contributed by atoms with van der Waals surface area (Å²) < 4.78 is 0. The van der Waals surface area contributed by atoms with Crippen molar-refractivity contribution in [3.8, 4) is 0 Å². The van der Waals surface area contributed by atoms with E-state index in [2.05, 4.69) is 0 Å². The molecule has 2 nitrogen and oxygen atoms in total. The molecule has 0 saturated carbocycles. The van der Waals surface area contributed by atoms with Crippen LogP contribution in [0.25, 0.3) is 0 Å². The van der Waals surface area contributed by atoms with Crippen molar-refractivity contribution in [1.29, 1.82) is 0 Å². The molecule has 1 rings (SSSR count). The van der Waals surface area contributed by atoms with Gasteiger partial charge in [0, 0.05) is 17.1 Å². The van der Waals surface area contributed by atoms with Crippen molar-refractivity contribution in [1.82, 2.24) is 0 Å². The predicted molar refractivity (Wildman–Crippen MR) is 61.0 cm³/mol. The highest BCUT2D eigenvalue weighted by Crippen LogP contribution is 2.33. The molecule has 5 heteroatoms. The minimum Gasteiger partial charge on any atom is -0.370 e. The van der Waals surface area contributed by atoms with Crippen molar-refractivity contribution in [3.63, 3.8) is 0 Å². The van der Waals surface area contributed by atoms with Crippen molar-refractivity contribution in [2.75, 3.05) is 5.75 Å². The molecule has 76 valence electrons. The quantitative estimate of drug-likeness (QED) is 0.835. The molecule has 0 spiro atoms. The minimum atomic E-state index is -0.319. The third-order valence-corrected chi connectivity index (χ3v) is 3.50. The molecule has 0 radical (unpaired) electrons. The first-order valence-electron chi connectivity index (χ1n) is 3.96. The largest absolute Gasteiger partial charge is 0.370 e. The number of nitrogens with two attached hydrogens (primary N) is 1. The Morgan fingerprint density at radius 1 is 1.36 bits per heavy atom. The second-order valence-corrected chi connectivity index (χ2v) is 4.54. The van der Waals surface area contributed by atoms with E-state index in [4.69, 9.17) is 28.9 Å². The van der Waals surface area contributed by atoms with E-state index in [1.165, 1.54) is 11.8 Å². The monoisotopic (exact) mass is 249 g/mol. The number of carbonyl (C=O) groups is 1. The highest BCUT2D eigenvalue weighted by molar-refractivity contribution is 7.99. The number of rotatable bonds is 4. The van der Waals surface area contributed by atoms with E-state index >= 15 is 0 Å². The lowest BCUT2D eigenvalue weighted by molar-refractivity contribution is -0.117. The van der Waals surface area contributed by atoms with Gasteiger partial charge in [-0.1, -0.05) is 29.3 Å². The lowest BCUT2D eigenvalue weighted by atomic mass is 10.4. The number of carbonyl (C=O) groups excluding carboxylic acids is 1. The fourth-order valence-electron chi connectivity index (χ4n) is 0.874. The number of primary amides is 1. The number of amides is 1. The molecule has 0 unspecified atom stereocenters. The van der Waals surface area contributed by atoms with E-state index in [0.717, 1.165) is 4.90 Å². The summed E-state index contributed by atoms with van der Waals surface area (Å²) in [6, 6.07) is 5.31. The van der Waals surface area contributed by atoms with E-state index in [1.807, 2.05) is 0 Å². The third kappa shape index (κ3) is 3.40. The van der Waals surface area contributed by atoms with Gasteiger partial charge in [0.2, 0.25) is 5.91 Å². The maximum atomic E-state index is 10.5. The molecule has 0 aromatic heterocycles. The SMILES string of the molecule is NC(=O)CCSc1c(Cl)cccc1Cl. The molecule has 0 atom stereocenters. The first-order valence-corrected chi connectivity index (χ1v) is 5.70. The van der Waals surface area contributed by atoms with Gasteiger partial charge in [0.1, 0.15) is 0 Å². The van der Waals surface area contributed by atoms with Gasteiger partial charge in [0.05, 0.1) is 10.0 Å². The second kappa shape index (κ2) is 5.49. The predicted octanol–water partition coefficient (Wildman–Crippen LogP) is 2.96. The summed E-state index contributed by atoms with van der Waals surface area (Å²) in [7, 11) is 0. The second-order valence-electron chi connectivity index (χ2n) is 2.62. The normalized spacial score (nSPS) is 10.1. The van der Waals surface area contributed by atoms with E-state index in [-0.39, 0.29) is 5.91 Å². The Hall–Kier alpha value is -0.380. The van der Waals surface area contributed by atoms with Crippen LogP contribution < -0.4 is 5.73 Å². The van der Waals surface area contributed by atoms with Crippen LogP contribution in [0.2, 0.25) is 10.0 Å². The van der Waals surface area contributed by atoms with Crippen LogP contribution in [-0.4, -0.2) is 11.7 Å². The molecule has 0 bridgehead atoms. The zero-order chi connectivity index (χ0) is 10.6. The van der Waals surface area contributed by atoms with Gasteiger partial charge in [-0.15, -0.1) is 11.8 Å². The maximum Gasteiger partial charge on any atom is 0.218 e. The number of hydrogen-bond acceptors (Lipinski definition) is 2. The summed E-state index contributed by atoms with van der Waals surface area (Å²) in [5.41, 5.74) is 5.01. The highest BCUT2D eigenvalue weighted by atomic mass is 35.5. The Morgan fingerprint density at radius 3 is 2.43 bits per heavy atom. The van der Waals surface area contributed by atoms with Gasteiger partial charge in [-0.3, -0.25) is 4.79 Å². The van der Waals surface area contributed by atoms with Crippen LogP contribution in [0.3, 0.4) is 0 Å². The van der Waals surface area contributed by atoms with Crippen LogP contribution in [0.4, 0.5) is 0 Å². The zero-order valence-electron chi connectivity index (χ0n) is 7.30. The molecule has 0 aliphatic carbocycles. The van der Waals surface area contributed by atoms with Crippen LogP contribution in [0.1, 0.15) is 6.42 Å².